The molecular weight excluding hydrogens is 492 g/mol. The molecule has 37 heavy (non-hydrogen) atoms. The number of carbonyl (C=O) groups is 1. The van der Waals surface area contributed by atoms with Crippen LogP contribution in [0.4, 0.5) is 23.4 Å². The highest BCUT2D eigenvalue weighted by Gasteiger charge is 2.37. The van der Waals surface area contributed by atoms with Gasteiger partial charge in [-0.25, -0.2) is 14.4 Å². The molecule has 0 saturated heterocycles. The van der Waals surface area contributed by atoms with Crippen LogP contribution in [0.5, 0.6) is 0 Å². The molecule has 0 bridgehead atoms. The number of benzene rings is 1. The standard InChI is InChI=1S/C25H24F4N6O2/c1-12(2)9-35(20-11-37-10-19-13(20)4-5-21(32-19)25(27,28)29)24(36)15-6-14-16-8-31-34(3)22(16)23(30)33-18(14)7-17(15)26/h4-8,12,20H,9-11H2,1-3H3,(H2,30,33)/t20-/m1/s1. The summed E-state index contributed by atoms with van der Waals surface area (Å²) in [4.78, 5) is 23.3. The van der Waals surface area contributed by atoms with Crippen molar-refractivity contribution in [3.05, 3.63) is 58.8 Å². The number of pyridine rings is 2. The summed E-state index contributed by atoms with van der Waals surface area (Å²) in [6.45, 7) is 3.92. The fourth-order valence-electron chi connectivity index (χ4n) is 4.76. The SMILES string of the molecule is CC(C)CN(C(=O)c1cc2c(cc1F)nc(N)c1c2cnn1C)[C@@H]1COCc2nc(C(F)(F)F)ccc21. The summed E-state index contributed by atoms with van der Waals surface area (Å²) in [7, 11) is 1.70. The van der Waals surface area contributed by atoms with E-state index in [0.717, 1.165) is 12.1 Å². The molecule has 0 saturated carbocycles. The number of rotatable bonds is 4. The molecule has 0 aliphatic carbocycles. The van der Waals surface area contributed by atoms with E-state index in [1.165, 1.54) is 17.0 Å². The van der Waals surface area contributed by atoms with Crippen molar-refractivity contribution in [2.75, 3.05) is 18.9 Å². The molecule has 3 aromatic heterocycles. The van der Waals surface area contributed by atoms with Gasteiger partial charge in [0.1, 0.15) is 22.8 Å². The summed E-state index contributed by atoms with van der Waals surface area (Å²) < 4.78 is 62.1. The van der Waals surface area contributed by atoms with Crippen LogP contribution in [-0.4, -0.2) is 43.7 Å². The van der Waals surface area contributed by atoms with Crippen molar-refractivity contribution >= 4 is 33.5 Å². The summed E-state index contributed by atoms with van der Waals surface area (Å²) in [5, 5.41) is 5.32. The average molecular weight is 516 g/mol. The van der Waals surface area contributed by atoms with Crippen molar-refractivity contribution in [3.63, 3.8) is 0 Å². The molecule has 0 fully saturated rings. The van der Waals surface area contributed by atoms with Gasteiger partial charge < -0.3 is 15.4 Å². The molecular formula is C25H24F4N6O2. The van der Waals surface area contributed by atoms with Crippen LogP contribution in [0.2, 0.25) is 0 Å². The highest BCUT2D eigenvalue weighted by atomic mass is 19.4. The van der Waals surface area contributed by atoms with Crippen molar-refractivity contribution in [1.29, 1.82) is 0 Å². The number of nitrogens with two attached hydrogens (primary N) is 1. The zero-order valence-electron chi connectivity index (χ0n) is 20.3. The zero-order chi connectivity index (χ0) is 26.6. The molecule has 1 aliphatic rings. The number of halogens is 4. The smallest absolute Gasteiger partial charge is 0.382 e. The van der Waals surface area contributed by atoms with Gasteiger partial charge in [-0.05, 0) is 18.1 Å². The third-order valence-corrected chi connectivity index (χ3v) is 6.40. The Bertz CT molecular complexity index is 1530. The first kappa shape index (κ1) is 24.9. The fraction of sp³-hybridized carbons (Fsp3) is 0.360. The van der Waals surface area contributed by atoms with Crippen LogP contribution in [0, 0.1) is 11.7 Å². The van der Waals surface area contributed by atoms with E-state index in [2.05, 4.69) is 15.1 Å². The molecule has 4 aromatic rings. The molecule has 2 N–H and O–H groups in total. The lowest BCUT2D eigenvalue weighted by molar-refractivity contribution is -0.141. The molecule has 8 nitrogen and oxygen atoms in total. The van der Waals surface area contributed by atoms with Crippen molar-refractivity contribution < 1.29 is 27.1 Å². The molecule has 0 radical (unpaired) electrons. The van der Waals surface area contributed by atoms with E-state index in [4.69, 9.17) is 10.5 Å². The highest BCUT2D eigenvalue weighted by molar-refractivity contribution is 6.10. The second-order valence-corrected chi connectivity index (χ2v) is 9.49. The summed E-state index contributed by atoms with van der Waals surface area (Å²) in [5.74, 6) is -1.25. The third-order valence-electron chi connectivity index (χ3n) is 6.40. The van der Waals surface area contributed by atoms with Crippen LogP contribution in [0.25, 0.3) is 21.8 Å². The normalized spacial score (nSPS) is 15.9. The van der Waals surface area contributed by atoms with Crippen LogP contribution < -0.4 is 5.73 Å². The van der Waals surface area contributed by atoms with E-state index in [0.29, 0.717) is 21.9 Å². The van der Waals surface area contributed by atoms with Gasteiger partial charge in [0.05, 0.1) is 42.2 Å². The van der Waals surface area contributed by atoms with Gasteiger partial charge in [0.15, 0.2) is 0 Å². The van der Waals surface area contributed by atoms with Crippen molar-refractivity contribution in [2.45, 2.75) is 32.7 Å². The van der Waals surface area contributed by atoms with Gasteiger partial charge in [-0.15, -0.1) is 0 Å². The Morgan fingerprint density at radius 3 is 2.70 bits per heavy atom. The number of hydrogen-bond donors (Lipinski definition) is 1. The van der Waals surface area contributed by atoms with Crippen LogP contribution in [0.1, 0.15) is 47.2 Å². The van der Waals surface area contributed by atoms with Crippen molar-refractivity contribution in [1.82, 2.24) is 24.6 Å². The van der Waals surface area contributed by atoms with Crippen LogP contribution in [0.15, 0.2) is 30.5 Å². The predicted molar refractivity (Wildman–Crippen MR) is 128 cm³/mol. The minimum atomic E-state index is -4.61. The number of fused-ring (bicyclic) bond motifs is 4. The molecule has 1 amide bonds. The lowest BCUT2D eigenvalue weighted by atomic mass is 9.98. The van der Waals surface area contributed by atoms with Gasteiger partial charge in [0.25, 0.3) is 5.91 Å². The van der Waals surface area contributed by atoms with Crippen molar-refractivity contribution in [2.24, 2.45) is 13.0 Å². The third kappa shape index (κ3) is 4.35. The number of ether oxygens (including phenoxy) is 1. The lowest BCUT2D eigenvalue weighted by Gasteiger charge is -2.36. The Labute approximate surface area is 209 Å². The molecule has 0 unspecified atom stereocenters. The number of nitrogen functional groups attached to an aromatic ring is 1. The number of anilines is 1. The lowest BCUT2D eigenvalue weighted by Crippen LogP contribution is -2.42. The number of amides is 1. The maximum atomic E-state index is 15.3. The van der Waals surface area contributed by atoms with Crippen LogP contribution in [0.3, 0.4) is 0 Å². The van der Waals surface area contributed by atoms with E-state index in [1.54, 1.807) is 17.9 Å². The van der Waals surface area contributed by atoms with Gasteiger partial charge in [-0.1, -0.05) is 19.9 Å². The van der Waals surface area contributed by atoms with Crippen LogP contribution >= 0.6 is 0 Å². The summed E-state index contributed by atoms with van der Waals surface area (Å²) in [6.07, 6.45) is -3.04. The van der Waals surface area contributed by atoms with Crippen LogP contribution in [-0.2, 0) is 24.6 Å². The Morgan fingerprint density at radius 2 is 2.00 bits per heavy atom. The van der Waals surface area contributed by atoms with Gasteiger partial charge in [0.2, 0.25) is 0 Å². The molecule has 0 spiro atoms. The van der Waals surface area contributed by atoms with E-state index < -0.39 is 29.6 Å². The number of aryl methyl sites for hydroxylation is 1. The van der Waals surface area contributed by atoms with Gasteiger partial charge in [-0.2, -0.15) is 18.3 Å². The maximum Gasteiger partial charge on any atom is 0.433 e. The molecule has 1 aromatic carbocycles. The minimum absolute atomic E-state index is 0.0215. The quantitative estimate of drug-likeness (QED) is 0.397. The first-order valence-electron chi connectivity index (χ1n) is 11.6. The topological polar surface area (TPSA) is 99.2 Å². The minimum Gasteiger partial charge on any atom is -0.382 e. The summed E-state index contributed by atoms with van der Waals surface area (Å²) in [6, 6.07) is 4.04. The zero-order valence-corrected chi connectivity index (χ0v) is 20.3. The average Bonchev–Trinajstić information content (AvgIpc) is 3.23. The van der Waals surface area contributed by atoms with Crippen molar-refractivity contribution in [3.8, 4) is 0 Å². The summed E-state index contributed by atoms with van der Waals surface area (Å²) >= 11 is 0. The number of nitrogens with zero attached hydrogens (tertiary/aromatic N) is 5. The summed E-state index contributed by atoms with van der Waals surface area (Å²) in [5.41, 5.74) is 6.18. The van der Waals surface area contributed by atoms with Gasteiger partial charge in [0, 0.05) is 36.0 Å². The van der Waals surface area contributed by atoms with E-state index in [-0.39, 0.29) is 48.3 Å². The Hall–Kier alpha value is -3.80. The Balaban J connectivity index is 1.61. The second kappa shape index (κ2) is 8.94. The molecule has 194 valence electrons. The number of alkyl halides is 3. The van der Waals surface area contributed by atoms with E-state index >= 15 is 4.39 Å². The fourth-order valence-corrected chi connectivity index (χ4v) is 4.76. The molecule has 1 atom stereocenters. The highest BCUT2D eigenvalue weighted by Crippen LogP contribution is 2.36. The molecule has 5 rings (SSSR count). The Morgan fingerprint density at radius 1 is 1.24 bits per heavy atom. The first-order chi connectivity index (χ1) is 17.5. The molecule has 4 heterocycles. The largest absolute Gasteiger partial charge is 0.433 e. The predicted octanol–water partition coefficient (Wildman–Crippen LogP) is 4.63. The van der Waals surface area contributed by atoms with E-state index in [9.17, 15) is 18.0 Å². The van der Waals surface area contributed by atoms with Gasteiger partial charge in [-0.3, -0.25) is 9.48 Å². The monoisotopic (exact) mass is 516 g/mol. The molecule has 12 heteroatoms. The number of carbonyl (C=O) groups excluding carboxylic acids is 1. The van der Waals surface area contributed by atoms with Gasteiger partial charge >= 0.3 is 6.18 Å². The number of hydrogen-bond acceptors (Lipinski definition) is 6. The number of aromatic nitrogens is 4. The molecule has 1 aliphatic heterocycles. The van der Waals surface area contributed by atoms with E-state index in [1.807, 2.05) is 13.8 Å². The Kier molecular flexibility index (Phi) is 6.01. The second-order valence-electron chi connectivity index (χ2n) is 9.49. The first-order valence-corrected chi connectivity index (χ1v) is 11.6. The maximum absolute atomic E-state index is 15.3.